The maximum Gasteiger partial charge on any atom is 0.259 e. The van der Waals surface area contributed by atoms with Crippen molar-refractivity contribution in [3.8, 4) is 0 Å². The van der Waals surface area contributed by atoms with Gasteiger partial charge in [-0.1, -0.05) is 0 Å². The number of benzene rings is 1. The molecule has 1 aromatic heterocycles. The lowest BCUT2D eigenvalue weighted by molar-refractivity contribution is 0.102. The Bertz CT molecular complexity index is 541. The highest BCUT2D eigenvalue weighted by Gasteiger charge is 2.13. The van der Waals surface area contributed by atoms with Gasteiger partial charge in [-0.05, 0) is 44.2 Å². The quantitative estimate of drug-likeness (QED) is 0.779. The molecule has 0 bridgehead atoms. The summed E-state index contributed by atoms with van der Waals surface area (Å²) in [6.45, 7) is 3.58. The second-order valence-electron chi connectivity index (χ2n) is 3.90. The highest BCUT2D eigenvalue weighted by molar-refractivity contribution is 6.05. The zero-order valence-corrected chi connectivity index (χ0v) is 9.78. The summed E-state index contributed by atoms with van der Waals surface area (Å²) in [7, 11) is 0. The van der Waals surface area contributed by atoms with Crippen LogP contribution in [-0.2, 0) is 0 Å². The molecule has 0 aliphatic carbocycles. The molecule has 2 aromatic rings. The Morgan fingerprint density at radius 2 is 1.88 bits per heavy atom. The van der Waals surface area contributed by atoms with Crippen molar-refractivity contribution in [2.24, 2.45) is 0 Å². The van der Waals surface area contributed by atoms with E-state index in [2.05, 4.69) is 5.32 Å². The third-order valence-electron chi connectivity index (χ3n) is 2.45. The molecule has 0 radical (unpaired) electrons. The lowest BCUT2D eigenvalue weighted by Crippen LogP contribution is -2.12. The van der Waals surface area contributed by atoms with Gasteiger partial charge in [0.05, 0.1) is 5.56 Å². The van der Waals surface area contributed by atoms with Gasteiger partial charge in [-0.25, -0.2) is 0 Å². The van der Waals surface area contributed by atoms with E-state index < -0.39 is 0 Å². The number of carbonyl (C=O) groups excluding carboxylic acids is 1. The Morgan fingerprint density at radius 3 is 2.41 bits per heavy atom. The van der Waals surface area contributed by atoms with Gasteiger partial charge in [0, 0.05) is 11.4 Å². The third kappa shape index (κ3) is 2.47. The summed E-state index contributed by atoms with van der Waals surface area (Å²) in [6.07, 6.45) is 0. The van der Waals surface area contributed by atoms with Crippen LogP contribution >= 0.6 is 0 Å². The van der Waals surface area contributed by atoms with Crippen LogP contribution in [0.25, 0.3) is 0 Å². The van der Waals surface area contributed by atoms with E-state index >= 15 is 0 Å². The SMILES string of the molecule is Cc1cc(C(=O)Nc2ccc(N)cc2)c(C)o1. The number of anilines is 2. The first kappa shape index (κ1) is 11.3. The Labute approximate surface area is 99.4 Å². The molecule has 4 heteroatoms. The zero-order chi connectivity index (χ0) is 12.4. The van der Waals surface area contributed by atoms with Crippen molar-refractivity contribution >= 4 is 17.3 Å². The van der Waals surface area contributed by atoms with Crippen molar-refractivity contribution in [1.29, 1.82) is 0 Å². The van der Waals surface area contributed by atoms with Crippen molar-refractivity contribution < 1.29 is 9.21 Å². The standard InChI is InChI=1S/C13H14N2O2/c1-8-7-12(9(2)17-8)13(16)15-11-5-3-10(14)4-6-11/h3-7H,14H2,1-2H3,(H,15,16). The average Bonchev–Trinajstić information content (AvgIpc) is 2.61. The number of aryl methyl sites for hydroxylation is 2. The first-order chi connectivity index (χ1) is 8.06. The van der Waals surface area contributed by atoms with Crippen molar-refractivity contribution in [2.75, 3.05) is 11.1 Å². The highest BCUT2D eigenvalue weighted by atomic mass is 16.3. The van der Waals surface area contributed by atoms with E-state index in [1.807, 2.05) is 6.92 Å². The molecule has 1 heterocycles. The first-order valence-electron chi connectivity index (χ1n) is 5.30. The molecule has 0 aliphatic rings. The van der Waals surface area contributed by atoms with Crippen LogP contribution < -0.4 is 11.1 Å². The lowest BCUT2D eigenvalue weighted by atomic mass is 10.2. The predicted molar refractivity (Wildman–Crippen MR) is 67.0 cm³/mol. The summed E-state index contributed by atoms with van der Waals surface area (Å²) in [5.41, 5.74) is 7.50. The van der Waals surface area contributed by atoms with Crippen molar-refractivity contribution in [2.45, 2.75) is 13.8 Å². The monoisotopic (exact) mass is 230 g/mol. The first-order valence-corrected chi connectivity index (χ1v) is 5.30. The zero-order valence-electron chi connectivity index (χ0n) is 9.78. The summed E-state index contributed by atoms with van der Waals surface area (Å²) in [6, 6.07) is 8.72. The molecule has 0 aliphatic heterocycles. The fraction of sp³-hybridized carbons (Fsp3) is 0.154. The van der Waals surface area contributed by atoms with E-state index in [0.717, 1.165) is 5.76 Å². The van der Waals surface area contributed by atoms with Gasteiger partial charge in [-0.15, -0.1) is 0 Å². The van der Waals surface area contributed by atoms with Gasteiger partial charge >= 0.3 is 0 Å². The molecule has 0 atom stereocenters. The molecular weight excluding hydrogens is 216 g/mol. The predicted octanol–water partition coefficient (Wildman–Crippen LogP) is 2.73. The van der Waals surface area contributed by atoms with Crippen molar-refractivity contribution in [3.63, 3.8) is 0 Å². The number of hydrogen-bond acceptors (Lipinski definition) is 3. The number of carbonyl (C=O) groups is 1. The van der Waals surface area contributed by atoms with E-state index in [4.69, 9.17) is 10.2 Å². The molecule has 1 amide bonds. The number of rotatable bonds is 2. The third-order valence-corrected chi connectivity index (χ3v) is 2.45. The molecule has 88 valence electrons. The minimum Gasteiger partial charge on any atom is -0.466 e. The van der Waals surface area contributed by atoms with Gasteiger partial charge in [-0.2, -0.15) is 0 Å². The van der Waals surface area contributed by atoms with Gasteiger partial charge in [0.1, 0.15) is 11.5 Å². The molecule has 0 unspecified atom stereocenters. The number of nitrogens with two attached hydrogens (primary N) is 1. The van der Waals surface area contributed by atoms with Crippen LogP contribution in [0.15, 0.2) is 34.7 Å². The second-order valence-corrected chi connectivity index (χ2v) is 3.90. The molecule has 3 N–H and O–H groups in total. The number of nitrogens with one attached hydrogen (secondary N) is 1. The van der Waals surface area contributed by atoms with Crippen LogP contribution in [0.5, 0.6) is 0 Å². The maximum absolute atomic E-state index is 11.9. The summed E-state index contributed by atoms with van der Waals surface area (Å²) < 4.78 is 5.31. The van der Waals surface area contributed by atoms with E-state index in [1.165, 1.54) is 0 Å². The van der Waals surface area contributed by atoms with Gasteiger partial charge in [0.25, 0.3) is 5.91 Å². The number of amides is 1. The smallest absolute Gasteiger partial charge is 0.259 e. The van der Waals surface area contributed by atoms with E-state index in [-0.39, 0.29) is 5.91 Å². The topological polar surface area (TPSA) is 68.3 Å². The molecule has 0 saturated carbocycles. The van der Waals surface area contributed by atoms with Gasteiger partial charge in [0.15, 0.2) is 0 Å². The molecule has 17 heavy (non-hydrogen) atoms. The summed E-state index contributed by atoms with van der Waals surface area (Å²) in [5.74, 6) is 1.17. The highest BCUT2D eigenvalue weighted by Crippen LogP contribution is 2.17. The molecular formula is C13H14N2O2. The van der Waals surface area contributed by atoms with Crippen LogP contribution in [0.2, 0.25) is 0 Å². The minimum absolute atomic E-state index is 0.177. The van der Waals surface area contributed by atoms with E-state index in [9.17, 15) is 4.79 Å². The number of hydrogen-bond donors (Lipinski definition) is 2. The Hall–Kier alpha value is -2.23. The second kappa shape index (κ2) is 4.33. The Morgan fingerprint density at radius 1 is 1.24 bits per heavy atom. The van der Waals surface area contributed by atoms with E-state index in [1.54, 1.807) is 37.3 Å². The maximum atomic E-state index is 11.9. The van der Waals surface area contributed by atoms with Crippen molar-refractivity contribution in [3.05, 3.63) is 47.4 Å². The molecule has 1 aromatic carbocycles. The fourth-order valence-electron chi connectivity index (χ4n) is 1.62. The van der Waals surface area contributed by atoms with Crippen molar-refractivity contribution in [1.82, 2.24) is 0 Å². The largest absolute Gasteiger partial charge is 0.466 e. The van der Waals surface area contributed by atoms with Gasteiger partial charge in [0.2, 0.25) is 0 Å². The Kier molecular flexibility index (Phi) is 2.87. The van der Waals surface area contributed by atoms with Crippen LogP contribution in [0.3, 0.4) is 0 Å². The number of furan rings is 1. The number of nitrogen functional groups attached to an aromatic ring is 1. The van der Waals surface area contributed by atoms with Gasteiger partial charge in [-0.3, -0.25) is 4.79 Å². The molecule has 0 fully saturated rings. The van der Waals surface area contributed by atoms with Crippen LogP contribution in [-0.4, -0.2) is 5.91 Å². The summed E-state index contributed by atoms with van der Waals surface area (Å²) in [5, 5.41) is 2.79. The van der Waals surface area contributed by atoms with Crippen LogP contribution in [0, 0.1) is 13.8 Å². The molecule has 4 nitrogen and oxygen atoms in total. The Balaban J connectivity index is 2.17. The molecule has 0 spiro atoms. The minimum atomic E-state index is -0.177. The van der Waals surface area contributed by atoms with Gasteiger partial charge < -0.3 is 15.5 Å². The molecule has 2 rings (SSSR count). The summed E-state index contributed by atoms with van der Waals surface area (Å²) >= 11 is 0. The normalized spacial score (nSPS) is 10.2. The summed E-state index contributed by atoms with van der Waals surface area (Å²) in [4.78, 5) is 11.9. The molecule has 0 saturated heterocycles. The average molecular weight is 230 g/mol. The lowest BCUT2D eigenvalue weighted by Gasteiger charge is -2.04. The van der Waals surface area contributed by atoms with Crippen LogP contribution in [0.4, 0.5) is 11.4 Å². The van der Waals surface area contributed by atoms with E-state index in [0.29, 0.717) is 22.7 Å². The fourth-order valence-corrected chi connectivity index (χ4v) is 1.62. The van der Waals surface area contributed by atoms with Crippen LogP contribution in [0.1, 0.15) is 21.9 Å².